The van der Waals surface area contributed by atoms with E-state index in [2.05, 4.69) is 65.4 Å². The lowest BCUT2D eigenvalue weighted by Gasteiger charge is -2.08. The van der Waals surface area contributed by atoms with Crippen molar-refractivity contribution in [3.05, 3.63) is 112 Å². The van der Waals surface area contributed by atoms with E-state index in [9.17, 15) is 4.79 Å². The summed E-state index contributed by atoms with van der Waals surface area (Å²) in [6.07, 6.45) is 6.18. The molecule has 2 aromatic heterocycles. The SMILES string of the molecule is CCn1c(/C=C\c2cn(Cc3ccccc3)c3ccccc23)nc2ccccc2c1=O. The van der Waals surface area contributed by atoms with Gasteiger partial charge in [0, 0.05) is 35.8 Å². The number of hydrogen-bond donors (Lipinski definition) is 0. The smallest absolute Gasteiger partial charge is 0.261 e. The van der Waals surface area contributed by atoms with E-state index in [-0.39, 0.29) is 5.56 Å². The monoisotopic (exact) mass is 405 g/mol. The number of rotatable bonds is 5. The second-order valence-corrected chi connectivity index (χ2v) is 7.58. The first-order valence-corrected chi connectivity index (χ1v) is 10.5. The topological polar surface area (TPSA) is 39.8 Å². The Kier molecular flexibility index (Phi) is 4.97. The van der Waals surface area contributed by atoms with Gasteiger partial charge in [0.25, 0.3) is 5.56 Å². The fourth-order valence-corrected chi connectivity index (χ4v) is 4.10. The number of aromatic nitrogens is 3. The first-order valence-electron chi connectivity index (χ1n) is 10.5. The van der Waals surface area contributed by atoms with E-state index >= 15 is 0 Å². The van der Waals surface area contributed by atoms with Gasteiger partial charge in [0.05, 0.1) is 10.9 Å². The van der Waals surface area contributed by atoms with Crippen LogP contribution in [0.15, 0.2) is 89.9 Å². The summed E-state index contributed by atoms with van der Waals surface area (Å²) in [7, 11) is 0. The molecule has 5 aromatic rings. The van der Waals surface area contributed by atoms with Gasteiger partial charge in [-0.25, -0.2) is 4.98 Å². The molecule has 4 nitrogen and oxygen atoms in total. The van der Waals surface area contributed by atoms with Gasteiger partial charge in [0.2, 0.25) is 0 Å². The summed E-state index contributed by atoms with van der Waals surface area (Å²) >= 11 is 0. The van der Waals surface area contributed by atoms with Crippen molar-refractivity contribution in [2.24, 2.45) is 0 Å². The van der Waals surface area contributed by atoms with Gasteiger partial charge in [-0.05, 0) is 42.8 Å². The van der Waals surface area contributed by atoms with E-state index in [4.69, 9.17) is 4.98 Å². The minimum atomic E-state index is -0.000689. The minimum absolute atomic E-state index is 0.000689. The van der Waals surface area contributed by atoms with E-state index < -0.39 is 0 Å². The third-order valence-corrected chi connectivity index (χ3v) is 5.63. The third-order valence-electron chi connectivity index (χ3n) is 5.63. The maximum absolute atomic E-state index is 12.9. The van der Waals surface area contributed by atoms with Gasteiger partial charge in [-0.2, -0.15) is 0 Å². The quantitative estimate of drug-likeness (QED) is 0.382. The Bertz CT molecular complexity index is 1460. The Balaban J connectivity index is 1.59. The highest BCUT2D eigenvalue weighted by atomic mass is 16.1. The second kappa shape index (κ2) is 8.07. The van der Waals surface area contributed by atoms with Crippen LogP contribution in [-0.2, 0) is 13.1 Å². The highest BCUT2D eigenvalue weighted by Crippen LogP contribution is 2.24. The van der Waals surface area contributed by atoms with Crippen LogP contribution in [-0.4, -0.2) is 14.1 Å². The van der Waals surface area contributed by atoms with Gasteiger partial charge in [0.15, 0.2) is 0 Å². The normalized spacial score (nSPS) is 11.6. The molecule has 0 atom stereocenters. The van der Waals surface area contributed by atoms with Gasteiger partial charge < -0.3 is 4.57 Å². The molecule has 0 saturated carbocycles. The summed E-state index contributed by atoms with van der Waals surface area (Å²) in [6.45, 7) is 3.36. The fourth-order valence-electron chi connectivity index (χ4n) is 4.10. The van der Waals surface area contributed by atoms with E-state index in [1.54, 1.807) is 4.57 Å². The third kappa shape index (κ3) is 3.57. The van der Waals surface area contributed by atoms with Crippen LogP contribution < -0.4 is 5.56 Å². The summed E-state index contributed by atoms with van der Waals surface area (Å²) in [5, 5.41) is 1.84. The molecule has 0 unspecified atom stereocenters. The Hall–Kier alpha value is -3.92. The van der Waals surface area contributed by atoms with Crippen LogP contribution in [0.5, 0.6) is 0 Å². The lowest BCUT2D eigenvalue weighted by Crippen LogP contribution is -2.22. The molecule has 31 heavy (non-hydrogen) atoms. The highest BCUT2D eigenvalue weighted by molar-refractivity contribution is 5.92. The van der Waals surface area contributed by atoms with Crippen molar-refractivity contribution >= 4 is 34.0 Å². The Labute approximate surface area is 180 Å². The summed E-state index contributed by atoms with van der Waals surface area (Å²) < 4.78 is 3.99. The van der Waals surface area contributed by atoms with Crippen LogP contribution in [0.25, 0.3) is 34.0 Å². The standard InChI is InChI=1S/C27H23N3O/c1-2-30-26(28-24-14-8-6-13-23(24)27(30)31)17-16-21-19-29(18-20-10-4-3-5-11-20)25-15-9-7-12-22(21)25/h3-17,19H,2,18H2,1H3/b17-16-. The molecule has 0 radical (unpaired) electrons. The van der Waals surface area contributed by atoms with E-state index in [0.29, 0.717) is 17.8 Å². The van der Waals surface area contributed by atoms with Crippen LogP contribution >= 0.6 is 0 Å². The van der Waals surface area contributed by atoms with E-state index in [0.717, 1.165) is 17.6 Å². The fraction of sp³-hybridized carbons (Fsp3) is 0.111. The van der Waals surface area contributed by atoms with Crippen LogP contribution in [0.4, 0.5) is 0 Å². The van der Waals surface area contributed by atoms with Gasteiger partial charge in [-0.1, -0.05) is 60.7 Å². The van der Waals surface area contributed by atoms with Gasteiger partial charge in [-0.3, -0.25) is 9.36 Å². The summed E-state index contributed by atoms with van der Waals surface area (Å²) in [5.41, 5.74) is 4.28. The molecule has 152 valence electrons. The van der Waals surface area contributed by atoms with Crippen molar-refractivity contribution < 1.29 is 0 Å². The predicted molar refractivity (Wildman–Crippen MR) is 128 cm³/mol. The molecule has 0 bridgehead atoms. The largest absolute Gasteiger partial charge is 0.342 e. The molecular formula is C27H23N3O. The van der Waals surface area contributed by atoms with Crippen LogP contribution in [0, 0.1) is 0 Å². The Morgan fingerprint density at radius 2 is 1.55 bits per heavy atom. The molecule has 0 aliphatic rings. The zero-order chi connectivity index (χ0) is 21.2. The zero-order valence-electron chi connectivity index (χ0n) is 17.4. The molecule has 4 heteroatoms. The summed E-state index contributed by atoms with van der Waals surface area (Å²) in [5.74, 6) is 0.672. The van der Waals surface area contributed by atoms with Gasteiger partial charge >= 0.3 is 0 Å². The molecule has 0 aliphatic heterocycles. The number of hydrogen-bond acceptors (Lipinski definition) is 2. The molecule has 0 fully saturated rings. The van der Waals surface area contributed by atoms with Gasteiger partial charge in [0.1, 0.15) is 5.82 Å². The summed E-state index contributed by atoms with van der Waals surface area (Å²) in [4.78, 5) is 17.6. The van der Waals surface area contributed by atoms with E-state index in [1.165, 1.54) is 16.5 Å². The van der Waals surface area contributed by atoms with Gasteiger partial charge in [-0.15, -0.1) is 0 Å². The lowest BCUT2D eigenvalue weighted by atomic mass is 10.1. The van der Waals surface area contributed by atoms with Crippen molar-refractivity contribution in [2.75, 3.05) is 0 Å². The average molecular weight is 406 g/mol. The molecule has 5 rings (SSSR count). The molecule has 2 heterocycles. The summed E-state index contributed by atoms with van der Waals surface area (Å²) in [6, 6.07) is 26.4. The molecule has 3 aromatic carbocycles. The van der Waals surface area contributed by atoms with E-state index in [1.807, 2.05) is 43.3 Å². The predicted octanol–water partition coefficient (Wildman–Crippen LogP) is 5.59. The number of fused-ring (bicyclic) bond motifs is 2. The second-order valence-electron chi connectivity index (χ2n) is 7.58. The van der Waals surface area contributed by atoms with Crippen LogP contribution in [0.2, 0.25) is 0 Å². The molecule has 0 saturated heterocycles. The molecular weight excluding hydrogens is 382 g/mol. The Morgan fingerprint density at radius 3 is 2.35 bits per heavy atom. The maximum atomic E-state index is 12.9. The maximum Gasteiger partial charge on any atom is 0.261 e. The minimum Gasteiger partial charge on any atom is -0.342 e. The lowest BCUT2D eigenvalue weighted by molar-refractivity contribution is 0.708. The number of nitrogens with zero attached hydrogens (tertiary/aromatic N) is 3. The molecule has 0 amide bonds. The van der Waals surface area contributed by atoms with Crippen molar-refractivity contribution in [2.45, 2.75) is 20.0 Å². The molecule has 0 spiro atoms. The first kappa shape index (κ1) is 19.1. The van der Waals surface area contributed by atoms with Crippen molar-refractivity contribution in [1.29, 1.82) is 0 Å². The van der Waals surface area contributed by atoms with Crippen molar-refractivity contribution in [1.82, 2.24) is 14.1 Å². The van der Waals surface area contributed by atoms with Crippen molar-refractivity contribution in [3.8, 4) is 0 Å². The zero-order valence-corrected chi connectivity index (χ0v) is 17.4. The number of para-hydroxylation sites is 2. The average Bonchev–Trinajstić information content (AvgIpc) is 3.16. The molecule has 0 N–H and O–H groups in total. The Morgan fingerprint density at radius 1 is 0.839 bits per heavy atom. The van der Waals surface area contributed by atoms with Crippen molar-refractivity contribution in [3.63, 3.8) is 0 Å². The number of benzene rings is 3. The highest BCUT2D eigenvalue weighted by Gasteiger charge is 2.09. The van der Waals surface area contributed by atoms with Crippen LogP contribution in [0.1, 0.15) is 23.9 Å². The van der Waals surface area contributed by atoms with Crippen LogP contribution in [0.3, 0.4) is 0 Å². The molecule has 0 aliphatic carbocycles. The first-order chi connectivity index (χ1) is 15.2.